The van der Waals surface area contributed by atoms with Gasteiger partial charge in [-0.25, -0.2) is 0 Å². The van der Waals surface area contributed by atoms with Crippen LogP contribution < -0.4 is 10.6 Å². The summed E-state index contributed by atoms with van der Waals surface area (Å²) in [4.78, 5) is 0. The van der Waals surface area contributed by atoms with Gasteiger partial charge in [0.15, 0.2) is 0 Å². The Balaban J connectivity index is 1.47. The topological polar surface area (TPSA) is 24.1 Å². The summed E-state index contributed by atoms with van der Waals surface area (Å²) in [5, 5.41) is 10.3. The average Bonchev–Trinajstić information content (AvgIpc) is 3.23. The van der Waals surface area contributed by atoms with Crippen LogP contribution in [0.1, 0.15) is 37.7 Å². The maximum absolute atomic E-state index is 3.88. The predicted molar refractivity (Wildman–Crippen MR) is 92.9 cm³/mol. The molecule has 3 unspecified atom stereocenters. The van der Waals surface area contributed by atoms with Crippen molar-refractivity contribution in [2.75, 3.05) is 6.54 Å². The summed E-state index contributed by atoms with van der Waals surface area (Å²) in [7, 11) is 0. The van der Waals surface area contributed by atoms with E-state index in [-0.39, 0.29) is 0 Å². The average molecular weight is 294 g/mol. The zero-order valence-electron chi connectivity index (χ0n) is 13.2. The maximum atomic E-state index is 3.88. The van der Waals surface area contributed by atoms with E-state index >= 15 is 0 Å². The molecular formula is C20H26N2. The third kappa shape index (κ3) is 2.78. The summed E-state index contributed by atoms with van der Waals surface area (Å²) >= 11 is 0. The lowest BCUT2D eigenvalue weighted by atomic mass is 9.93. The molecule has 2 fully saturated rings. The second-order valence-corrected chi connectivity index (χ2v) is 6.92. The molecule has 1 aliphatic carbocycles. The largest absolute Gasteiger partial charge is 0.314 e. The van der Waals surface area contributed by atoms with Crippen LogP contribution >= 0.6 is 0 Å². The molecule has 0 bridgehead atoms. The molecule has 3 atom stereocenters. The van der Waals surface area contributed by atoms with Crippen molar-refractivity contribution >= 4 is 10.8 Å². The van der Waals surface area contributed by atoms with Crippen LogP contribution in [-0.4, -0.2) is 18.6 Å². The molecule has 2 aliphatic rings. The molecule has 116 valence electrons. The predicted octanol–water partition coefficient (Wildman–Crippen LogP) is 3.85. The van der Waals surface area contributed by atoms with Crippen molar-refractivity contribution in [3.63, 3.8) is 0 Å². The molecule has 2 aromatic carbocycles. The van der Waals surface area contributed by atoms with Crippen molar-refractivity contribution in [3.05, 3.63) is 48.0 Å². The fourth-order valence-electron chi connectivity index (χ4n) is 4.49. The quantitative estimate of drug-likeness (QED) is 0.895. The monoisotopic (exact) mass is 294 g/mol. The Labute approximate surface area is 133 Å². The first kappa shape index (κ1) is 14.2. The van der Waals surface area contributed by atoms with E-state index in [2.05, 4.69) is 53.1 Å². The number of hydrogen-bond acceptors (Lipinski definition) is 2. The Hall–Kier alpha value is -1.38. The van der Waals surface area contributed by atoms with Crippen LogP contribution in [0.2, 0.25) is 0 Å². The minimum atomic E-state index is 0.689. The Morgan fingerprint density at radius 1 is 0.955 bits per heavy atom. The smallest absolute Gasteiger partial charge is 0.0214 e. The lowest BCUT2D eigenvalue weighted by Crippen LogP contribution is -2.41. The van der Waals surface area contributed by atoms with E-state index in [1.165, 1.54) is 55.0 Å². The molecule has 1 heterocycles. The minimum absolute atomic E-state index is 0.689. The molecule has 2 heteroatoms. The second kappa shape index (κ2) is 6.39. The van der Waals surface area contributed by atoms with Gasteiger partial charge >= 0.3 is 0 Å². The van der Waals surface area contributed by atoms with Crippen molar-refractivity contribution in [3.8, 4) is 0 Å². The van der Waals surface area contributed by atoms with E-state index in [9.17, 15) is 0 Å². The van der Waals surface area contributed by atoms with Gasteiger partial charge in [-0.2, -0.15) is 0 Å². The Kier molecular flexibility index (Phi) is 4.13. The number of hydrogen-bond donors (Lipinski definition) is 2. The summed E-state index contributed by atoms with van der Waals surface area (Å²) in [5.41, 5.74) is 1.43. The van der Waals surface area contributed by atoms with Gasteiger partial charge in [0.2, 0.25) is 0 Å². The molecule has 4 rings (SSSR count). The van der Waals surface area contributed by atoms with Crippen LogP contribution in [0.25, 0.3) is 10.8 Å². The van der Waals surface area contributed by atoms with E-state index in [1.54, 1.807) is 0 Å². The summed E-state index contributed by atoms with van der Waals surface area (Å²) in [6, 6.07) is 16.8. The molecule has 22 heavy (non-hydrogen) atoms. The van der Waals surface area contributed by atoms with E-state index < -0.39 is 0 Å². The van der Waals surface area contributed by atoms with Crippen LogP contribution in [0.15, 0.2) is 42.5 Å². The highest BCUT2D eigenvalue weighted by molar-refractivity contribution is 5.85. The maximum Gasteiger partial charge on any atom is 0.0214 e. The molecule has 0 spiro atoms. The van der Waals surface area contributed by atoms with Gasteiger partial charge in [-0.3, -0.25) is 0 Å². The van der Waals surface area contributed by atoms with Gasteiger partial charge in [-0.1, -0.05) is 48.9 Å². The fourth-order valence-corrected chi connectivity index (χ4v) is 4.49. The van der Waals surface area contributed by atoms with Gasteiger partial charge < -0.3 is 10.6 Å². The van der Waals surface area contributed by atoms with Crippen LogP contribution in [0.5, 0.6) is 0 Å². The van der Waals surface area contributed by atoms with Gasteiger partial charge in [0.1, 0.15) is 0 Å². The third-order valence-electron chi connectivity index (χ3n) is 5.62. The highest BCUT2D eigenvalue weighted by Crippen LogP contribution is 2.32. The molecule has 2 aromatic rings. The van der Waals surface area contributed by atoms with Gasteiger partial charge in [-0.15, -0.1) is 0 Å². The van der Waals surface area contributed by atoms with E-state index in [1.807, 2.05) is 0 Å². The number of nitrogens with one attached hydrogen (secondary N) is 2. The first-order valence-corrected chi connectivity index (χ1v) is 8.85. The summed E-state index contributed by atoms with van der Waals surface area (Å²) < 4.78 is 0. The number of benzene rings is 2. The van der Waals surface area contributed by atoms with Gasteiger partial charge in [-0.05, 0) is 54.5 Å². The van der Waals surface area contributed by atoms with Crippen molar-refractivity contribution in [1.29, 1.82) is 0 Å². The van der Waals surface area contributed by atoms with Gasteiger partial charge in [0.25, 0.3) is 0 Å². The van der Waals surface area contributed by atoms with Crippen LogP contribution in [0.3, 0.4) is 0 Å². The highest BCUT2D eigenvalue weighted by Gasteiger charge is 2.34. The zero-order chi connectivity index (χ0) is 14.8. The lowest BCUT2D eigenvalue weighted by Gasteiger charge is -2.27. The Morgan fingerprint density at radius 2 is 1.86 bits per heavy atom. The molecule has 1 aliphatic heterocycles. The van der Waals surface area contributed by atoms with Crippen molar-refractivity contribution in [1.82, 2.24) is 10.6 Å². The SMILES string of the molecule is c1ccc2c(CNC3CCCC3C3CCCN3)cccc2c1. The van der Waals surface area contributed by atoms with Crippen LogP contribution in [-0.2, 0) is 6.54 Å². The molecule has 2 N–H and O–H groups in total. The summed E-state index contributed by atoms with van der Waals surface area (Å²) in [6.07, 6.45) is 6.85. The fraction of sp³-hybridized carbons (Fsp3) is 0.500. The van der Waals surface area contributed by atoms with Crippen molar-refractivity contribution < 1.29 is 0 Å². The molecular weight excluding hydrogens is 268 g/mol. The Morgan fingerprint density at radius 3 is 2.77 bits per heavy atom. The molecule has 2 nitrogen and oxygen atoms in total. The number of fused-ring (bicyclic) bond motifs is 1. The summed E-state index contributed by atoms with van der Waals surface area (Å²) in [5.74, 6) is 0.831. The van der Waals surface area contributed by atoms with Gasteiger partial charge in [0.05, 0.1) is 0 Å². The van der Waals surface area contributed by atoms with Crippen molar-refractivity contribution in [2.45, 2.75) is 50.7 Å². The highest BCUT2D eigenvalue weighted by atomic mass is 15.0. The molecule has 1 saturated carbocycles. The molecule has 0 aromatic heterocycles. The standard InChI is InChI=1S/C20H26N2/c1-2-9-17-15(6-1)7-3-8-16(17)14-22-20-11-4-10-18(20)19-12-5-13-21-19/h1-3,6-9,18-22H,4-5,10-14H2. The number of rotatable bonds is 4. The zero-order valence-corrected chi connectivity index (χ0v) is 13.2. The van der Waals surface area contributed by atoms with Crippen LogP contribution in [0.4, 0.5) is 0 Å². The van der Waals surface area contributed by atoms with E-state index in [0.29, 0.717) is 6.04 Å². The minimum Gasteiger partial charge on any atom is -0.314 e. The normalized spacial score (nSPS) is 28.5. The first-order chi connectivity index (χ1) is 10.9. The molecule has 0 amide bonds. The van der Waals surface area contributed by atoms with Crippen molar-refractivity contribution in [2.24, 2.45) is 5.92 Å². The third-order valence-corrected chi connectivity index (χ3v) is 5.62. The lowest BCUT2D eigenvalue weighted by molar-refractivity contribution is 0.320. The molecule has 1 saturated heterocycles. The second-order valence-electron chi connectivity index (χ2n) is 6.92. The van der Waals surface area contributed by atoms with Gasteiger partial charge in [0, 0.05) is 18.6 Å². The van der Waals surface area contributed by atoms with E-state index in [0.717, 1.165) is 18.5 Å². The van der Waals surface area contributed by atoms with E-state index in [4.69, 9.17) is 0 Å². The first-order valence-electron chi connectivity index (χ1n) is 8.85. The van der Waals surface area contributed by atoms with Crippen LogP contribution in [0, 0.1) is 5.92 Å². The molecule has 0 radical (unpaired) electrons. The Bertz CT molecular complexity index is 625. The summed E-state index contributed by atoms with van der Waals surface area (Å²) in [6.45, 7) is 2.21.